The SMILES string of the molecule is C=Ic1cc(C2CN2)cc(-n2cc(C#CCN=C/C=C\C)c(Cl)n2)c1. The van der Waals surface area contributed by atoms with Crippen LogP contribution in [0.15, 0.2) is 41.5 Å². The highest BCUT2D eigenvalue weighted by atomic mass is 127. The van der Waals surface area contributed by atoms with E-state index in [0.717, 1.165) is 12.2 Å². The molecule has 128 valence electrons. The minimum atomic E-state index is -0.234. The lowest BCUT2D eigenvalue weighted by Crippen LogP contribution is -1.97. The van der Waals surface area contributed by atoms with Crippen LogP contribution >= 0.6 is 32.3 Å². The van der Waals surface area contributed by atoms with Crippen molar-refractivity contribution >= 4 is 43.1 Å². The van der Waals surface area contributed by atoms with Crippen LogP contribution in [0.4, 0.5) is 0 Å². The Balaban J connectivity index is 1.83. The Morgan fingerprint density at radius 3 is 3.08 bits per heavy atom. The smallest absolute Gasteiger partial charge is 0.167 e. The van der Waals surface area contributed by atoms with Gasteiger partial charge in [-0.3, -0.25) is 4.99 Å². The Hall–Kier alpha value is -1.75. The van der Waals surface area contributed by atoms with Gasteiger partial charge >= 0.3 is 0 Å². The van der Waals surface area contributed by atoms with Crippen LogP contribution in [0, 0.1) is 15.4 Å². The lowest BCUT2D eigenvalue weighted by molar-refractivity contribution is 0.875. The average Bonchev–Trinajstić information content (AvgIpc) is 3.41. The molecule has 1 atom stereocenters. The summed E-state index contributed by atoms with van der Waals surface area (Å²) >= 11 is 6.01. The zero-order chi connectivity index (χ0) is 17.6. The van der Waals surface area contributed by atoms with Gasteiger partial charge in [-0.25, -0.2) is 4.68 Å². The van der Waals surface area contributed by atoms with E-state index in [1.54, 1.807) is 10.9 Å². The van der Waals surface area contributed by atoms with Crippen molar-refractivity contribution < 1.29 is 0 Å². The molecule has 2 aromatic rings. The number of allylic oxidation sites excluding steroid dienone is 2. The molecule has 1 unspecified atom stereocenters. The molecule has 0 radical (unpaired) electrons. The van der Waals surface area contributed by atoms with Gasteiger partial charge in [0.2, 0.25) is 0 Å². The number of halogens is 2. The zero-order valence-corrected chi connectivity index (χ0v) is 16.8. The summed E-state index contributed by atoms with van der Waals surface area (Å²) < 4.78 is 7.18. The summed E-state index contributed by atoms with van der Waals surface area (Å²) in [5.74, 6) is 6.03. The predicted octanol–water partition coefficient (Wildman–Crippen LogP) is 3.74. The number of nitrogens with one attached hydrogen (secondary N) is 1. The Labute approximate surface area is 162 Å². The fourth-order valence-electron chi connectivity index (χ4n) is 2.25. The van der Waals surface area contributed by atoms with Gasteiger partial charge < -0.3 is 5.32 Å². The fourth-order valence-corrected chi connectivity index (χ4v) is 3.55. The molecular formula is C19H18ClIN4. The molecule has 6 heteroatoms. The van der Waals surface area contributed by atoms with Crippen LogP contribution in [0.1, 0.15) is 24.1 Å². The van der Waals surface area contributed by atoms with Crippen LogP contribution in [0.3, 0.4) is 0 Å². The van der Waals surface area contributed by atoms with Crippen molar-refractivity contribution in [2.75, 3.05) is 13.1 Å². The Kier molecular flexibility index (Phi) is 6.19. The first-order valence-corrected chi connectivity index (χ1v) is 10.8. The van der Waals surface area contributed by atoms with E-state index >= 15 is 0 Å². The quantitative estimate of drug-likeness (QED) is 0.317. The predicted molar refractivity (Wildman–Crippen MR) is 114 cm³/mol. The molecule has 0 bridgehead atoms. The second kappa shape index (κ2) is 8.56. The number of rotatable bonds is 5. The van der Waals surface area contributed by atoms with E-state index in [-0.39, 0.29) is 20.7 Å². The van der Waals surface area contributed by atoms with E-state index in [9.17, 15) is 0 Å². The van der Waals surface area contributed by atoms with Gasteiger partial charge in [-0.05, 0) is 36.8 Å². The molecule has 1 N–H and O–H groups in total. The molecule has 0 spiro atoms. The number of hydrogen-bond donors (Lipinski definition) is 1. The summed E-state index contributed by atoms with van der Waals surface area (Å²) in [6.45, 7) is 3.41. The lowest BCUT2D eigenvalue weighted by Gasteiger charge is -2.06. The number of aliphatic imine (C=N–C) groups is 1. The maximum atomic E-state index is 6.24. The van der Waals surface area contributed by atoms with Crippen molar-refractivity contribution in [2.24, 2.45) is 4.99 Å². The highest BCUT2D eigenvalue weighted by Gasteiger charge is 2.23. The third-order valence-corrected chi connectivity index (χ3v) is 5.36. The van der Waals surface area contributed by atoms with Crippen LogP contribution in [-0.2, 0) is 0 Å². The molecular weight excluding hydrogens is 447 g/mol. The average molecular weight is 465 g/mol. The van der Waals surface area contributed by atoms with Crippen molar-refractivity contribution in [1.29, 1.82) is 0 Å². The molecule has 1 aromatic carbocycles. The van der Waals surface area contributed by atoms with E-state index in [4.69, 9.17) is 11.6 Å². The molecule has 0 saturated carbocycles. The van der Waals surface area contributed by atoms with Crippen molar-refractivity contribution in [1.82, 2.24) is 15.1 Å². The summed E-state index contributed by atoms with van der Waals surface area (Å²) in [6.07, 6.45) is 7.40. The van der Waals surface area contributed by atoms with Crippen molar-refractivity contribution in [3.63, 3.8) is 0 Å². The monoisotopic (exact) mass is 464 g/mol. The number of aromatic nitrogens is 2. The molecule has 1 aromatic heterocycles. The van der Waals surface area contributed by atoms with Crippen molar-refractivity contribution in [3.8, 4) is 17.5 Å². The van der Waals surface area contributed by atoms with Gasteiger partial charge in [0.25, 0.3) is 0 Å². The molecule has 25 heavy (non-hydrogen) atoms. The van der Waals surface area contributed by atoms with Gasteiger partial charge in [0.15, 0.2) is 5.15 Å². The first-order valence-electron chi connectivity index (χ1n) is 7.83. The van der Waals surface area contributed by atoms with E-state index in [0.29, 0.717) is 23.3 Å². The van der Waals surface area contributed by atoms with Crippen LogP contribution < -0.4 is 5.32 Å². The summed E-state index contributed by atoms with van der Waals surface area (Å²) in [5.41, 5.74) is 3.00. The highest BCUT2D eigenvalue weighted by Crippen LogP contribution is 2.27. The molecule has 1 fully saturated rings. The third-order valence-electron chi connectivity index (χ3n) is 3.58. The van der Waals surface area contributed by atoms with E-state index in [1.807, 2.05) is 25.3 Å². The van der Waals surface area contributed by atoms with Crippen LogP contribution in [0.2, 0.25) is 5.15 Å². The first-order chi connectivity index (χ1) is 12.2. The molecule has 0 aliphatic carbocycles. The molecule has 1 aliphatic rings. The van der Waals surface area contributed by atoms with Gasteiger partial charge in [-0.1, -0.05) is 54.8 Å². The van der Waals surface area contributed by atoms with Crippen LogP contribution in [0.25, 0.3) is 5.69 Å². The molecule has 3 rings (SSSR count). The summed E-state index contributed by atoms with van der Waals surface area (Å²) in [5, 5.41) is 8.16. The van der Waals surface area contributed by atoms with E-state index in [1.165, 1.54) is 9.13 Å². The first kappa shape index (κ1) is 18.1. The molecule has 2 heterocycles. The van der Waals surface area contributed by atoms with Gasteiger partial charge in [-0.2, -0.15) is 5.10 Å². The molecule has 1 saturated heterocycles. The zero-order valence-electron chi connectivity index (χ0n) is 13.8. The van der Waals surface area contributed by atoms with Gasteiger partial charge in [0.05, 0.1) is 11.3 Å². The second-order valence-electron chi connectivity index (χ2n) is 5.43. The standard InChI is InChI=1S/C19H18ClIN4/c1-3-4-7-22-8-5-6-14-13-25(24-19(14)20)17-10-15(18-12-23-18)9-16(11-17)21-2/h3-4,7,9-11,13,18,23H,2,8,12H2,1H3/b4-3-,22-7?. The van der Waals surface area contributed by atoms with E-state index < -0.39 is 0 Å². The maximum Gasteiger partial charge on any atom is 0.167 e. The van der Waals surface area contributed by atoms with Gasteiger partial charge in [-0.15, -0.1) is 0 Å². The minimum Gasteiger partial charge on any atom is -0.307 e. The van der Waals surface area contributed by atoms with E-state index in [2.05, 4.69) is 50.0 Å². The second-order valence-corrected chi connectivity index (χ2v) is 7.80. The third kappa shape index (κ3) is 4.88. The van der Waals surface area contributed by atoms with Crippen molar-refractivity contribution in [2.45, 2.75) is 13.0 Å². The topological polar surface area (TPSA) is 52.1 Å². The fraction of sp³-hybridized carbons (Fsp3) is 0.211. The van der Waals surface area contributed by atoms with Crippen molar-refractivity contribution in [3.05, 3.63) is 56.4 Å². The maximum absolute atomic E-state index is 6.24. The molecule has 4 nitrogen and oxygen atoms in total. The summed E-state index contributed by atoms with van der Waals surface area (Å²) in [6, 6.07) is 6.97. The van der Waals surface area contributed by atoms with Gasteiger partial charge in [0, 0.05) is 28.6 Å². The largest absolute Gasteiger partial charge is 0.307 e. The highest BCUT2D eigenvalue weighted by molar-refractivity contribution is 14.2. The van der Waals surface area contributed by atoms with Gasteiger partial charge in [0.1, 0.15) is 6.54 Å². The summed E-state index contributed by atoms with van der Waals surface area (Å²) in [4.78, 5) is 4.17. The normalized spacial score (nSPS) is 16.3. The number of hydrogen-bond acceptors (Lipinski definition) is 3. The molecule has 0 amide bonds. The van der Waals surface area contributed by atoms with Crippen LogP contribution in [0.5, 0.6) is 0 Å². The lowest BCUT2D eigenvalue weighted by atomic mass is 10.1. The molecule has 1 aliphatic heterocycles. The Bertz CT molecular complexity index is 898. The Morgan fingerprint density at radius 1 is 1.52 bits per heavy atom. The van der Waals surface area contributed by atoms with Crippen LogP contribution in [-0.4, -0.2) is 33.6 Å². The Morgan fingerprint density at radius 2 is 2.36 bits per heavy atom. The number of benzene rings is 1. The summed E-state index contributed by atoms with van der Waals surface area (Å²) in [7, 11) is 0. The minimum absolute atomic E-state index is 0.234. The number of nitrogens with zero attached hydrogens (tertiary/aromatic N) is 3.